The largest absolute Gasteiger partial charge is 0.0625 e. The third kappa shape index (κ3) is 2.87. The molecule has 0 radical (unpaired) electrons. The monoisotopic (exact) mass is 400 g/mol. The SMILES string of the molecule is CC1CCC(C)C2C1CCC2[Si]1(C2C(C)CC3C(C)CCC(C)C32)CCCC1. The summed E-state index contributed by atoms with van der Waals surface area (Å²) in [7, 11) is -1.19. The number of hydrogen-bond donors (Lipinski definition) is 0. The molecule has 11 unspecified atom stereocenters. The van der Waals surface area contributed by atoms with E-state index in [1.54, 1.807) is 57.0 Å². The molecule has 11 atom stereocenters. The van der Waals surface area contributed by atoms with Gasteiger partial charge in [0.2, 0.25) is 0 Å². The van der Waals surface area contributed by atoms with Gasteiger partial charge in [-0.2, -0.15) is 0 Å². The minimum Gasteiger partial charge on any atom is -0.0625 e. The van der Waals surface area contributed by atoms with Crippen LogP contribution in [0.15, 0.2) is 0 Å². The van der Waals surface area contributed by atoms with E-state index in [4.69, 9.17) is 0 Å². The molecular weight excluding hydrogens is 352 g/mol. The normalized spacial score (nSPS) is 55.8. The van der Waals surface area contributed by atoms with Gasteiger partial charge >= 0.3 is 0 Å². The quantitative estimate of drug-likeness (QED) is 0.408. The van der Waals surface area contributed by atoms with Gasteiger partial charge in [0.15, 0.2) is 0 Å². The van der Waals surface area contributed by atoms with E-state index in [2.05, 4.69) is 34.6 Å². The molecule has 0 spiro atoms. The van der Waals surface area contributed by atoms with Crippen molar-refractivity contribution in [3.05, 3.63) is 0 Å². The van der Waals surface area contributed by atoms with Gasteiger partial charge in [0.1, 0.15) is 0 Å². The van der Waals surface area contributed by atoms with E-state index in [9.17, 15) is 0 Å². The fraction of sp³-hybridized carbons (Fsp3) is 1.00. The maximum Gasteiger partial charge on any atom is 0.0606 e. The van der Waals surface area contributed by atoms with Crippen LogP contribution in [0.3, 0.4) is 0 Å². The Morgan fingerprint density at radius 3 is 1.79 bits per heavy atom. The highest BCUT2D eigenvalue weighted by Crippen LogP contribution is 2.69. The van der Waals surface area contributed by atoms with Gasteiger partial charge in [-0.15, -0.1) is 0 Å². The second kappa shape index (κ2) is 7.42. The van der Waals surface area contributed by atoms with E-state index >= 15 is 0 Å². The Bertz CT molecular complexity index is 563. The maximum atomic E-state index is 2.73. The molecule has 4 saturated carbocycles. The van der Waals surface area contributed by atoms with Crippen molar-refractivity contribution < 1.29 is 0 Å². The Labute approximate surface area is 177 Å². The van der Waals surface area contributed by atoms with Crippen LogP contribution in [0.1, 0.15) is 92.4 Å². The van der Waals surface area contributed by atoms with Gasteiger partial charge in [-0.25, -0.2) is 0 Å². The molecule has 0 nitrogen and oxygen atoms in total. The average molecular weight is 401 g/mol. The maximum absolute atomic E-state index is 2.73. The predicted octanol–water partition coefficient (Wildman–Crippen LogP) is 8.40. The summed E-state index contributed by atoms with van der Waals surface area (Å²) in [6, 6.07) is 3.47. The van der Waals surface area contributed by atoms with E-state index in [0.29, 0.717) is 0 Å². The van der Waals surface area contributed by atoms with Crippen LogP contribution in [-0.2, 0) is 0 Å². The molecule has 0 amide bonds. The summed E-state index contributed by atoms with van der Waals surface area (Å²) in [5.41, 5.74) is 2.42. The molecule has 5 rings (SSSR count). The second-order valence-electron chi connectivity index (χ2n) is 12.9. The van der Waals surface area contributed by atoms with Crippen LogP contribution in [0.25, 0.3) is 0 Å². The number of hydrogen-bond acceptors (Lipinski definition) is 0. The highest BCUT2D eigenvalue weighted by Gasteiger charge is 2.62. The van der Waals surface area contributed by atoms with Gasteiger partial charge < -0.3 is 0 Å². The lowest BCUT2D eigenvalue weighted by Crippen LogP contribution is -2.50. The van der Waals surface area contributed by atoms with Crippen LogP contribution in [0.5, 0.6) is 0 Å². The Morgan fingerprint density at radius 2 is 1.11 bits per heavy atom. The van der Waals surface area contributed by atoms with Crippen molar-refractivity contribution in [2.24, 2.45) is 53.3 Å². The molecule has 0 aromatic heterocycles. The van der Waals surface area contributed by atoms with Crippen LogP contribution in [0, 0.1) is 53.3 Å². The van der Waals surface area contributed by atoms with Crippen LogP contribution < -0.4 is 0 Å². The van der Waals surface area contributed by atoms with Crippen LogP contribution in [0.2, 0.25) is 23.2 Å². The zero-order valence-electron chi connectivity index (χ0n) is 19.6. The molecule has 4 aliphatic carbocycles. The first-order chi connectivity index (χ1) is 13.4. The van der Waals surface area contributed by atoms with Gasteiger partial charge in [-0.05, 0) is 77.2 Å². The third-order valence-corrected chi connectivity index (χ3v) is 18.8. The van der Waals surface area contributed by atoms with Gasteiger partial charge in [0.25, 0.3) is 0 Å². The Hall–Kier alpha value is 0.217. The van der Waals surface area contributed by atoms with E-state index < -0.39 is 8.07 Å². The van der Waals surface area contributed by atoms with E-state index in [1.165, 1.54) is 23.9 Å². The molecule has 28 heavy (non-hydrogen) atoms. The van der Waals surface area contributed by atoms with Crippen LogP contribution in [-0.4, -0.2) is 8.07 Å². The van der Waals surface area contributed by atoms with Crippen molar-refractivity contribution in [2.45, 2.75) is 116 Å². The standard InChI is InChI=1S/C27H48Si/c1-17-8-10-19(3)25-22(17)12-13-24(25)28(14-6-7-15-28)27-21(5)16-23-18(2)9-11-20(4)26(23)27/h17-27H,6-16H2,1-5H3. The van der Waals surface area contributed by atoms with Gasteiger partial charge in [0, 0.05) is 0 Å². The molecule has 5 aliphatic rings. The zero-order valence-corrected chi connectivity index (χ0v) is 20.6. The van der Waals surface area contributed by atoms with Crippen molar-refractivity contribution in [1.82, 2.24) is 0 Å². The fourth-order valence-electron chi connectivity index (χ4n) is 10.8. The lowest BCUT2D eigenvalue weighted by atomic mass is 9.69. The topological polar surface area (TPSA) is 0 Å². The van der Waals surface area contributed by atoms with Crippen LogP contribution >= 0.6 is 0 Å². The van der Waals surface area contributed by atoms with Crippen LogP contribution in [0.4, 0.5) is 0 Å². The van der Waals surface area contributed by atoms with E-state index in [0.717, 1.165) is 53.3 Å². The molecule has 5 fully saturated rings. The molecule has 0 N–H and O–H groups in total. The Morgan fingerprint density at radius 1 is 0.536 bits per heavy atom. The molecule has 1 heterocycles. The fourth-order valence-corrected chi connectivity index (χ4v) is 19.4. The molecule has 0 aromatic rings. The minimum absolute atomic E-state index is 1.02. The van der Waals surface area contributed by atoms with Gasteiger partial charge in [0.05, 0.1) is 8.07 Å². The highest BCUT2D eigenvalue weighted by molar-refractivity contribution is 6.83. The summed E-state index contributed by atoms with van der Waals surface area (Å²) >= 11 is 0. The first-order valence-electron chi connectivity index (χ1n) is 13.4. The lowest BCUT2D eigenvalue weighted by molar-refractivity contribution is 0.127. The Balaban J connectivity index is 1.52. The summed E-state index contributed by atoms with van der Waals surface area (Å²) in [4.78, 5) is 0. The number of rotatable bonds is 2. The summed E-state index contributed by atoms with van der Waals surface area (Å²) in [5.74, 6) is 9.62. The third-order valence-electron chi connectivity index (χ3n) is 11.8. The average Bonchev–Trinajstić information content (AvgIpc) is 3.38. The summed E-state index contributed by atoms with van der Waals surface area (Å²) < 4.78 is 0. The van der Waals surface area contributed by atoms with E-state index in [-0.39, 0.29) is 0 Å². The minimum atomic E-state index is -1.19. The zero-order chi connectivity index (χ0) is 19.6. The van der Waals surface area contributed by atoms with Gasteiger partial charge in [-0.1, -0.05) is 91.7 Å². The summed E-state index contributed by atoms with van der Waals surface area (Å²) in [6.07, 6.45) is 14.2. The Kier molecular flexibility index (Phi) is 5.34. The molecule has 1 saturated heterocycles. The van der Waals surface area contributed by atoms with Crippen molar-refractivity contribution in [3.63, 3.8) is 0 Å². The smallest absolute Gasteiger partial charge is 0.0606 e. The molecule has 0 bridgehead atoms. The highest BCUT2D eigenvalue weighted by atomic mass is 28.3. The molecule has 1 aliphatic heterocycles. The predicted molar refractivity (Wildman–Crippen MR) is 124 cm³/mol. The van der Waals surface area contributed by atoms with Crippen molar-refractivity contribution >= 4 is 8.07 Å². The molecular formula is C27H48Si. The lowest BCUT2D eigenvalue weighted by Gasteiger charge is -2.52. The molecule has 0 aromatic carbocycles. The first-order valence-corrected chi connectivity index (χ1v) is 16.0. The van der Waals surface area contributed by atoms with Crippen molar-refractivity contribution in [2.75, 3.05) is 0 Å². The van der Waals surface area contributed by atoms with Crippen molar-refractivity contribution in [3.8, 4) is 0 Å². The van der Waals surface area contributed by atoms with E-state index in [1.807, 2.05) is 0 Å². The number of fused-ring (bicyclic) bond motifs is 2. The van der Waals surface area contributed by atoms with Crippen molar-refractivity contribution in [1.29, 1.82) is 0 Å². The molecule has 1 heteroatoms. The van der Waals surface area contributed by atoms with Gasteiger partial charge in [-0.3, -0.25) is 0 Å². The molecule has 160 valence electrons. The second-order valence-corrected chi connectivity index (χ2v) is 17.8. The first kappa shape index (κ1) is 20.1. The summed E-state index contributed by atoms with van der Waals surface area (Å²) in [6.45, 7) is 13.3. The summed E-state index contributed by atoms with van der Waals surface area (Å²) in [5, 5.41) is 0.